The lowest BCUT2D eigenvalue weighted by Gasteiger charge is -2.06. The fourth-order valence-electron chi connectivity index (χ4n) is 2.19. The van der Waals surface area contributed by atoms with Crippen LogP contribution in [0.1, 0.15) is 11.8 Å². The van der Waals surface area contributed by atoms with Crippen LogP contribution in [0.15, 0.2) is 30.5 Å². The summed E-state index contributed by atoms with van der Waals surface area (Å²) in [5, 5.41) is 0. The van der Waals surface area contributed by atoms with Gasteiger partial charge < -0.3 is 4.74 Å². The maximum atomic E-state index is 11.8. The second kappa shape index (κ2) is 5.65. The summed E-state index contributed by atoms with van der Waals surface area (Å²) < 4.78 is 6.87. The van der Waals surface area contributed by atoms with Crippen LogP contribution in [0.2, 0.25) is 0 Å². The lowest BCUT2D eigenvalue weighted by molar-refractivity contribution is -0.143. The summed E-state index contributed by atoms with van der Waals surface area (Å²) in [6.07, 6.45) is 1.70. The van der Waals surface area contributed by atoms with Crippen LogP contribution in [0.25, 0.3) is 21.9 Å². The third kappa shape index (κ3) is 2.67. The van der Waals surface area contributed by atoms with Crippen molar-refractivity contribution in [3.8, 4) is 10.7 Å². The van der Waals surface area contributed by atoms with Crippen molar-refractivity contribution in [1.29, 1.82) is 0 Å². The van der Waals surface area contributed by atoms with E-state index in [0.717, 1.165) is 16.2 Å². The van der Waals surface area contributed by atoms with Gasteiger partial charge in [-0.1, -0.05) is 0 Å². The van der Waals surface area contributed by atoms with Gasteiger partial charge in [0, 0.05) is 11.1 Å². The van der Waals surface area contributed by atoms with E-state index in [1.807, 2.05) is 35.8 Å². The van der Waals surface area contributed by atoms with Crippen LogP contribution in [0, 0.1) is 6.92 Å². The molecule has 3 rings (SSSR count). The van der Waals surface area contributed by atoms with Crippen molar-refractivity contribution < 1.29 is 9.53 Å². The Kier molecular flexibility index (Phi) is 3.70. The van der Waals surface area contributed by atoms with Gasteiger partial charge in [-0.25, -0.2) is 9.97 Å². The second-order valence-electron chi connectivity index (χ2n) is 4.58. The molecule has 0 unspecified atom stereocenters. The van der Waals surface area contributed by atoms with Crippen molar-refractivity contribution in [3.63, 3.8) is 0 Å². The first-order valence-electron chi connectivity index (χ1n) is 6.72. The Hall–Kier alpha value is -2.21. The summed E-state index contributed by atoms with van der Waals surface area (Å²) in [7, 11) is 0. The zero-order chi connectivity index (χ0) is 14.8. The van der Waals surface area contributed by atoms with E-state index in [1.54, 1.807) is 24.5 Å². The average Bonchev–Trinajstić information content (AvgIpc) is 3.04. The molecule has 6 heteroatoms. The van der Waals surface area contributed by atoms with Crippen molar-refractivity contribution in [2.24, 2.45) is 0 Å². The summed E-state index contributed by atoms with van der Waals surface area (Å²) in [6, 6.07) is 7.80. The number of pyridine rings is 1. The minimum absolute atomic E-state index is 0.119. The van der Waals surface area contributed by atoms with Gasteiger partial charge >= 0.3 is 5.97 Å². The van der Waals surface area contributed by atoms with Crippen molar-refractivity contribution in [3.05, 3.63) is 35.3 Å². The summed E-state index contributed by atoms with van der Waals surface area (Å²) >= 11 is 1.65. The van der Waals surface area contributed by atoms with Crippen LogP contribution in [-0.2, 0) is 16.1 Å². The molecule has 0 saturated heterocycles. The molecule has 0 spiro atoms. The SMILES string of the molecule is CCOC(=O)Cn1c(-c2ccc(C)s2)nc2cccnc21. The van der Waals surface area contributed by atoms with Crippen molar-refractivity contribution in [2.75, 3.05) is 6.61 Å². The number of carbonyl (C=O) groups is 1. The molecule has 0 fully saturated rings. The number of aromatic nitrogens is 3. The topological polar surface area (TPSA) is 57.0 Å². The summed E-state index contributed by atoms with van der Waals surface area (Å²) in [4.78, 5) is 23.0. The van der Waals surface area contributed by atoms with E-state index in [4.69, 9.17) is 4.74 Å². The fraction of sp³-hybridized carbons (Fsp3) is 0.267. The predicted octanol–water partition coefficient (Wildman–Crippen LogP) is 3.03. The highest BCUT2D eigenvalue weighted by Crippen LogP contribution is 2.29. The van der Waals surface area contributed by atoms with Crippen LogP contribution in [0.4, 0.5) is 0 Å². The molecule has 0 aliphatic heterocycles. The van der Waals surface area contributed by atoms with E-state index in [-0.39, 0.29) is 12.5 Å². The number of nitrogens with zero attached hydrogens (tertiary/aromatic N) is 3. The highest BCUT2D eigenvalue weighted by Gasteiger charge is 2.17. The second-order valence-corrected chi connectivity index (χ2v) is 5.87. The number of esters is 1. The zero-order valence-electron chi connectivity index (χ0n) is 11.9. The Balaban J connectivity index is 2.12. The zero-order valence-corrected chi connectivity index (χ0v) is 12.7. The number of rotatable bonds is 4. The van der Waals surface area contributed by atoms with Gasteiger partial charge in [-0.15, -0.1) is 11.3 Å². The molecule has 0 radical (unpaired) electrons. The molecule has 108 valence electrons. The first-order chi connectivity index (χ1) is 10.2. The minimum atomic E-state index is -0.281. The van der Waals surface area contributed by atoms with Gasteiger partial charge in [0.25, 0.3) is 0 Å². The standard InChI is InChI=1S/C15H15N3O2S/c1-3-20-13(19)9-18-14-11(5-4-8-16-14)17-15(18)12-7-6-10(2)21-12/h4-8H,3,9H2,1-2H3. The lowest BCUT2D eigenvalue weighted by Crippen LogP contribution is -2.14. The molecule has 3 heterocycles. The monoisotopic (exact) mass is 301 g/mol. The van der Waals surface area contributed by atoms with Crippen LogP contribution in [0.5, 0.6) is 0 Å². The molecule has 0 amide bonds. The van der Waals surface area contributed by atoms with E-state index < -0.39 is 0 Å². The molecular formula is C15H15N3O2S. The molecule has 21 heavy (non-hydrogen) atoms. The fourth-order valence-corrected chi connectivity index (χ4v) is 3.05. The average molecular weight is 301 g/mol. The van der Waals surface area contributed by atoms with Crippen LogP contribution in [-0.4, -0.2) is 27.1 Å². The summed E-state index contributed by atoms with van der Waals surface area (Å²) in [6.45, 7) is 4.33. The number of thiophene rings is 1. The quantitative estimate of drug-likeness (QED) is 0.695. The summed E-state index contributed by atoms with van der Waals surface area (Å²) in [5.41, 5.74) is 1.48. The van der Waals surface area contributed by atoms with E-state index >= 15 is 0 Å². The van der Waals surface area contributed by atoms with Gasteiger partial charge in [0.05, 0.1) is 11.5 Å². The third-order valence-corrected chi connectivity index (χ3v) is 4.05. The van der Waals surface area contributed by atoms with Crippen molar-refractivity contribution >= 4 is 28.5 Å². The predicted molar refractivity (Wildman–Crippen MR) is 82.2 cm³/mol. The molecule has 0 N–H and O–H groups in total. The highest BCUT2D eigenvalue weighted by atomic mass is 32.1. The minimum Gasteiger partial charge on any atom is -0.465 e. The number of carbonyl (C=O) groups excluding carboxylic acids is 1. The van der Waals surface area contributed by atoms with Gasteiger partial charge in [0.1, 0.15) is 12.1 Å². The van der Waals surface area contributed by atoms with Gasteiger partial charge in [-0.3, -0.25) is 9.36 Å². The molecule has 5 nitrogen and oxygen atoms in total. The molecular weight excluding hydrogens is 286 g/mol. The van der Waals surface area contributed by atoms with Crippen LogP contribution < -0.4 is 0 Å². The number of fused-ring (bicyclic) bond motifs is 1. The smallest absolute Gasteiger partial charge is 0.326 e. The number of ether oxygens (including phenoxy) is 1. The Morgan fingerprint density at radius 2 is 2.24 bits per heavy atom. The third-order valence-electron chi connectivity index (χ3n) is 3.06. The van der Waals surface area contributed by atoms with Gasteiger partial charge in [-0.05, 0) is 38.1 Å². The maximum Gasteiger partial charge on any atom is 0.326 e. The molecule has 0 atom stereocenters. The first kappa shape index (κ1) is 13.8. The maximum absolute atomic E-state index is 11.8. The Morgan fingerprint density at radius 3 is 2.95 bits per heavy atom. The molecule has 3 aromatic heterocycles. The Labute approximate surface area is 126 Å². The van der Waals surface area contributed by atoms with Crippen molar-refractivity contribution in [2.45, 2.75) is 20.4 Å². The van der Waals surface area contributed by atoms with E-state index in [1.165, 1.54) is 4.88 Å². The number of imidazole rings is 1. The van der Waals surface area contributed by atoms with Gasteiger partial charge in [0.2, 0.25) is 0 Å². The molecule has 0 aliphatic rings. The normalized spacial score (nSPS) is 11.0. The largest absolute Gasteiger partial charge is 0.465 e. The number of aryl methyl sites for hydroxylation is 1. The number of hydrogen-bond donors (Lipinski definition) is 0. The molecule has 3 aromatic rings. The molecule has 0 bridgehead atoms. The molecule has 0 aliphatic carbocycles. The first-order valence-corrected chi connectivity index (χ1v) is 7.54. The van der Waals surface area contributed by atoms with Crippen LogP contribution in [0.3, 0.4) is 0 Å². The van der Waals surface area contributed by atoms with E-state index in [0.29, 0.717) is 12.3 Å². The molecule has 0 aromatic carbocycles. The van der Waals surface area contributed by atoms with E-state index in [2.05, 4.69) is 9.97 Å². The highest BCUT2D eigenvalue weighted by molar-refractivity contribution is 7.15. The van der Waals surface area contributed by atoms with Gasteiger partial charge in [0.15, 0.2) is 11.5 Å². The van der Waals surface area contributed by atoms with Gasteiger partial charge in [-0.2, -0.15) is 0 Å². The summed E-state index contributed by atoms with van der Waals surface area (Å²) in [5.74, 6) is 0.479. The van der Waals surface area contributed by atoms with E-state index in [9.17, 15) is 4.79 Å². The van der Waals surface area contributed by atoms with Crippen LogP contribution >= 0.6 is 11.3 Å². The Morgan fingerprint density at radius 1 is 1.38 bits per heavy atom. The lowest BCUT2D eigenvalue weighted by atomic mass is 10.4. The van der Waals surface area contributed by atoms with Crippen molar-refractivity contribution in [1.82, 2.24) is 14.5 Å². The Bertz CT molecular complexity index is 791. The number of hydrogen-bond acceptors (Lipinski definition) is 5. The molecule has 0 saturated carbocycles.